The number of esters is 1. The van der Waals surface area contributed by atoms with Gasteiger partial charge >= 0.3 is 17.8 Å². The van der Waals surface area contributed by atoms with Gasteiger partial charge in [0, 0.05) is 24.1 Å². The Hall–Kier alpha value is -4.19. The molecule has 204 valence electrons. The molecule has 0 aliphatic heterocycles. The molecule has 8 nitrogen and oxygen atoms in total. The monoisotopic (exact) mass is 559 g/mol. The maximum absolute atomic E-state index is 13.3. The van der Waals surface area contributed by atoms with Crippen LogP contribution in [0.25, 0.3) is 27.0 Å². The number of rotatable bonds is 7. The van der Waals surface area contributed by atoms with E-state index in [-0.39, 0.29) is 18.9 Å². The van der Waals surface area contributed by atoms with Crippen molar-refractivity contribution in [3.63, 3.8) is 0 Å². The lowest BCUT2D eigenvalue weighted by atomic mass is 10.0. The van der Waals surface area contributed by atoms with Crippen LogP contribution in [0.1, 0.15) is 25.1 Å². The van der Waals surface area contributed by atoms with E-state index in [4.69, 9.17) is 9.47 Å². The Kier molecular flexibility index (Phi) is 7.77. The smallest absolute Gasteiger partial charge is 0.431 e. The molecule has 4 rings (SSSR count). The summed E-state index contributed by atoms with van der Waals surface area (Å²) in [6, 6.07) is 10.3. The van der Waals surface area contributed by atoms with Crippen molar-refractivity contribution < 1.29 is 27.4 Å². The number of hydrogen-bond acceptors (Lipinski definition) is 7. The lowest BCUT2D eigenvalue weighted by Crippen LogP contribution is -2.40. The minimum absolute atomic E-state index is 0.104. The van der Waals surface area contributed by atoms with E-state index in [0.29, 0.717) is 37.6 Å². The zero-order valence-electron chi connectivity index (χ0n) is 21.5. The van der Waals surface area contributed by atoms with Crippen LogP contribution in [0.5, 0.6) is 5.75 Å². The van der Waals surface area contributed by atoms with Crippen LogP contribution < -0.4 is 16.0 Å². The number of fused-ring (bicyclic) bond motifs is 1. The first kappa shape index (κ1) is 27.8. The largest absolute Gasteiger partial charge is 0.482 e. The zero-order valence-corrected chi connectivity index (χ0v) is 22.3. The number of carbonyl (C=O) groups is 1. The van der Waals surface area contributed by atoms with Crippen molar-refractivity contribution in [2.45, 2.75) is 26.9 Å². The summed E-state index contributed by atoms with van der Waals surface area (Å²) in [4.78, 5) is 37.3. The Morgan fingerprint density at radius 2 is 1.85 bits per heavy atom. The van der Waals surface area contributed by atoms with E-state index < -0.39 is 29.1 Å². The number of halogens is 3. The highest BCUT2D eigenvalue weighted by Crippen LogP contribution is 2.35. The number of aryl methyl sites for hydroxylation is 1. The SMILES string of the molecule is CC(C)=CCOC(=O)COc1ccc(C)c(-c2nsc3ccc(-n4c(=O)cc(C(F)(F)F)n(C)c4=O)cc23)c1. The van der Waals surface area contributed by atoms with Gasteiger partial charge in [0.05, 0.1) is 16.1 Å². The van der Waals surface area contributed by atoms with Gasteiger partial charge in [0.15, 0.2) is 6.61 Å². The topological polar surface area (TPSA) is 92.4 Å². The first-order valence-corrected chi connectivity index (χ1v) is 12.5. The molecule has 2 aromatic carbocycles. The van der Waals surface area contributed by atoms with Crippen molar-refractivity contribution in [3.05, 3.63) is 86.2 Å². The van der Waals surface area contributed by atoms with Crippen LogP contribution in [0.15, 0.2) is 63.7 Å². The van der Waals surface area contributed by atoms with E-state index in [0.717, 1.165) is 22.9 Å². The van der Waals surface area contributed by atoms with Gasteiger partial charge in [0.1, 0.15) is 18.1 Å². The van der Waals surface area contributed by atoms with Crippen LogP contribution in [0.2, 0.25) is 0 Å². The minimum atomic E-state index is -4.85. The Balaban J connectivity index is 1.69. The van der Waals surface area contributed by atoms with Crippen molar-refractivity contribution in [2.75, 3.05) is 13.2 Å². The summed E-state index contributed by atoms with van der Waals surface area (Å²) in [5.41, 5.74) is -0.375. The molecule has 0 amide bonds. The van der Waals surface area contributed by atoms with E-state index in [2.05, 4.69) is 4.37 Å². The molecule has 0 fully saturated rings. The van der Waals surface area contributed by atoms with Crippen molar-refractivity contribution in [2.24, 2.45) is 7.05 Å². The third-order valence-electron chi connectivity index (χ3n) is 5.88. The molecule has 0 unspecified atom stereocenters. The van der Waals surface area contributed by atoms with Gasteiger partial charge < -0.3 is 9.47 Å². The van der Waals surface area contributed by atoms with Crippen molar-refractivity contribution in [1.29, 1.82) is 0 Å². The Labute approximate surface area is 224 Å². The quantitative estimate of drug-likeness (QED) is 0.233. The molecular formula is C27H24F3N3O5S. The maximum Gasteiger partial charge on any atom is 0.431 e. The van der Waals surface area contributed by atoms with E-state index in [1.54, 1.807) is 30.3 Å². The normalized spacial score (nSPS) is 11.5. The Morgan fingerprint density at radius 1 is 1.10 bits per heavy atom. The highest BCUT2D eigenvalue weighted by molar-refractivity contribution is 7.13. The van der Waals surface area contributed by atoms with Crippen LogP contribution >= 0.6 is 11.5 Å². The van der Waals surface area contributed by atoms with E-state index in [9.17, 15) is 27.6 Å². The first-order valence-electron chi connectivity index (χ1n) is 11.7. The van der Waals surface area contributed by atoms with Crippen molar-refractivity contribution >= 4 is 27.6 Å². The van der Waals surface area contributed by atoms with Gasteiger partial charge in [-0.1, -0.05) is 11.6 Å². The highest BCUT2D eigenvalue weighted by Gasteiger charge is 2.35. The van der Waals surface area contributed by atoms with Gasteiger partial charge in [-0.25, -0.2) is 14.2 Å². The van der Waals surface area contributed by atoms with E-state index in [1.165, 1.54) is 23.7 Å². The lowest BCUT2D eigenvalue weighted by Gasteiger charge is -2.14. The van der Waals surface area contributed by atoms with Crippen LogP contribution in [-0.4, -0.2) is 32.7 Å². The fraction of sp³-hybridized carbons (Fsp3) is 0.259. The molecule has 2 aromatic heterocycles. The third-order valence-corrected chi connectivity index (χ3v) is 6.71. The number of alkyl halides is 3. The standard InChI is InChI=1S/C27H24F3N3O5S/c1-15(2)9-10-37-24(35)14-38-18-7-5-16(3)19(12-18)25-20-11-17(6-8-21(20)39-31-25)33-23(34)13-22(27(28,29)30)32(4)26(33)36/h5-9,11-13H,10,14H2,1-4H3. The van der Waals surface area contributed by atoms with Crippen LogP contribution in [0.4, 0.5) is 13.2 Å². The van der Waals surface area contributed by atoms with Crippen molar-refractivity contribution in [1.82, 2.24) is 13.5 Å². The molecule has 0 aliphatic carbocycles. The molecular weight excluding hydrogens is 535 g/mol. The predicted molar refractivity (Wildman–Crippen MR) is 142 cm³/mol. The van der Waals surface area contributed by atoms with Gasteiger partial charge in [-0.15, -0.1) is 0 Å². The molecule has 0 bridgehead atoms. The lowest BCUT2D eigenvalue weighted by molar-refractivity contribution is -0.145. The van der Waals surface area contributed by atoms with Gasteiger partial charge in [0.2, 0.25) is 0 Å². The minimum Gasteiger partial charge on any atom is -0.482 e. The summed E-state index contributed by atoms with van der Waals surface area (Å²) in [6.07, 6.45) is -3.08. The van der Waals surface area contributed by atoms with E-state index in [1.807, 2.05) is 20.8 Å². The second-order valence-electron chi connectivity index (χ2n) is 8.98. The second-order valence-corrected chi connectivity index (χ2v) is 9.79. The van der Waals surface area contributed by atoms with Gasteiger partial charge in [-0.2, -0.15) is 17.5 Å². The molecule has 2 heterocycles. The highest BCUT2D eigenvalue weighted by atomic mass is 32.1. The Bertz CT molecular complexity index is 1710. The number of aromatic nitrogens is 3. The summed E-state index contributed by atoms with van der Waals surface area (Å²) in [5.74, 6) is -0.123. The van der Waals surface area contributed by atoms with Crippen LogP contribution in [0.3, 0.4) is 0 Å². The molecule has 0 N–H and O–H groups in total. The average Bonchev–Trinajstić information content (AvgIpc) is 3.28. The number of benzene rings is 2. The van der Waals surface area contributed by atoms with Gasteiger partial charge in [-0.3, -0.25) is 9.36 Å². The number of hydrogen-bond donors (Lipinski definition) is 0. The fourth-order valence-electron chi connectivity index (χ4n) is 3.83. The summed E-state index contributed by atoms with van der Waals surface area (Å²) in [5, 5.41) is 0.590. The fourth-order valence-corrected chi connectivity index (χ4v) is 4.60. The van der Waals surface area contributed by atoms with Gasteiger partial charge in [-0.05, 0) is 74.3 Å². The second kappa shape index (κ2) is 10.9. The number of ether oxygens (including phenoxy) is 2. The maximum atomic E-state index is 13.3. The molecule has 39 heavy (non-hydrogen) atoms. The number of nitrogens with zero attached hydrogens (tertiary/aromatic N) is 3. The zero-order chi connectivity index (χ0) is 28.5. The summed E-state index contributed by atoms with van der Waals surface area (Å²) in [6.45, 7) is 5.51. The summed E-state index contributed by atoms with van der Waals surface area (Å²) < 4.78 is 56.8. The number of carbonyl (C=O) groups excluding carboxylic acids is 1. The molecule has 12 heteroatoms. The Morgan fingerprint density at radius 3 is 2.54 bits per heavy atom. The molecule has 0 radical (unpaired) electrons. The van der Waals surface area contributed by atoms with E-state index >= 15 is 0 Å². The average molecular weight is 560 g/mol. The van der Waals surface area contributed by atoms with Gasteiger partial charge in [0.25, 0.3) is 5.56 Å². The molecule has 0 atom stereocenters. The third kappa shape index (κ3) is 5.95. The molecule has 0 spiro atoms. The van der Waals surface area contributed by atoms with Crippen LogP contribution in [-0.2, 0) is 22.8 Å². The first-order chi connectivity index (χ1) is 18.4. The molecule has 0 aliphatic rings. The molecule has 0 saturated heterocycles. The van der Waals surface area contributed by atoms with Crippen LogP contribution in [0, 0.1) is 6.92 Å². The molecule has 4 aromatic rings. The van der Waals surface area contributed by atoms with Crippen molar-refractivity contribution in [3.8, 4) is 22.7 Å². The predicted octanol–water partition coefficient (Wildman–Crippen LogP) is 5.03. The molecule has 0 saturated carbocycles. The number of allylic oxidation sites excluding steroid dienone is 1. The summed E-state index contributed by atoms with van der Waals surface area (Å²) >= 11 is 1.18. The summed E-state index contributed by atoms with van der Waals surface area (Å²) in [7, 11) is 0.962.